The highest BCUT2D eigenvalue weighted by Gasteiger charge is 2.28. The molecule has 1 aromatic heterocycles. The maximum Gasteiger partial charge on any atom is 0.228 e. The number of nitrogens with one attached hydrogen (secondary N) is 1. The van der Waals surface area contributed by atoms with Gasteiger partial charge >= 0.3 is 0 Å². The molecule has 1 atom stereocenters. The highest BCUT2D eigenvalue weighted by atomic mass is 32.1. The number of rotatable bonds is 4. The second-order valence-electron chi connectivity index (χ2n) is 8.01. The lowest BCUT2D eigenvalue weighted by Crippen LogP contribution is -2.33. The fourth-order valence-corrected chi connectivity index (χ4v) is 5.19. The smallest absolute Gasteiger partial charge is 0.228 e. The molecule has 5 rings (SSSR count). The summed E-state index contributed by atoms with van der Waals surface area (Å²) >= 11 is 1.42. The van der Waals surface area contributed by atoms with Crippen LogP contribution in [0.25, 0.3) is 17.3 Å². The molecule has 0 spiro atoms. The van der Waals surface area contributed by atoms with Crippen molar-refractivity contribution in [3.8, 4) is 11.3 Å². The molecule has 1 unspecified atom stereocenters. The van der Waals surface area contributed by atoms with Crippen LogP contribution in [0.3, 0.4) is 0 Å². The van der Waals surface area contributed by atoms with E-state index < -0.39 is 0 Å². The maximum atomic E-state index is 12.9. The lowest BCUT2D eigenvalue weighted by molar-refractivity contribution is -0.129. The van der Waals surface area contributed by atoms with Gasteiger partial charge in [-0.2, -0.15) is 0 Å². The Labute approximate surface area is 185 Å². The number of fused-ring (bicyclic) bond motifs is 2. The number of anilines is 1. The SMILES string of the molecule is CC(=O)N1C=Cc2ccccc2C1CC(=O)Nc1nc(-c2ccc3c(c2)CCC3)cs1. The first-order chi connectivity index (χ1) is 15.1. The van der Waals surface area contributed by atoms with Crippen LogP contribution < -0.4 is 5.32 Å². The summed E-state index contributed by atoms with van der Waals surface area (Å²) < 4.78 is 0. The Hall–Kier alpha value is -3.25. The topological polar surface area (TPSA) is 62.3 Å². The van der Waals surface area contributed by atoms with Crippen molar-refractivity contribution < 1.29 is 9.59 Å². The summed E-state index contributed by atoms with van der Waals surface area (Å²) in [5.74, 6) is -0.243. The standard InChI is InChI=1S/C25H23N3O2S/c1-16(29)28-12-11-18-5-2-3-8-21(18)23(28)14-24(30)27-25-26-22(15-31-25)20-10-9-17-6-4-7-19(17)13-20/h2-3,5,8-13,15,23H,4,6-7,14H2,1H3,(H,26,27,30). The number of thiazole rings is 1. The Morgan fingerprint density at radius 1 is 1.16 bits per heavy atom. The third-order valence-electron chi connectivity index (χ3n) is 5.99. The molecule has 0 fully saturated rings. The molecule has 156 valence electrons. The summed E-state index contributed by atoms with van der Waals surface area (Å²) in [6.07, 6.45) is 7.35. The lowest BCUT2D eigenvalue weighted by atomic mass is 9.93. The fraction of sp³-hybridized carbons (Fsp3) is 0.240. The van der Waals surface area contributed by atoms with Gasteiger partial charge in [0.25, 0.3) is 0 Å². The minimum atomic E-state index is -0.324. The monoisotopic (exact) mass is 429 g/mol. The van der Waals surface area contributed by atoms with Crippen molar-refractivity contribution in [1.29, 1.82) is 0 Å². The van der Waals surface area contributed by atoms with Crippen LogP contribution in [-0.4, -0.2) is 21.7 Å². The fourth-order valence-electron chi connectivity index (χ4n) is 4.45. The Bertz CT molecular complexity index is 1200. The van der Waals surface area contributed by atoms with Gasteiger partial charge in [0.05, 0.1) is 18.2 Å². The molecule has 2 heterocycles. The zero-order valence-electron chi connectivity index (χ0n) is 17.3. The minimum absolute atomic E-state index is 0.0864. The van der Waals surface area contributed by atoms with Crippen molar-refractivity contribution in [3.63, 3.8) is 0 Å². The van der Waals surface area contributed by atoms with Gasteiger partial charge in [-0.3, -0.25) is 9.59 Å². The predicted molar refractivity (Wildman–Crippen MR) is 124 cm³/mol. The van der Waals surface area contributed by atoms with Crippen LogP contribution in [0.2, 0.25) is 0 Å². The van der Waals surface area contributed by atoms with Crippen molar-refractivity contribution in [2.75, 3.05) is 5.32 Å². The average Bonchev–Trinajstić information content (AvgIpc) is 3.42. The van der Waals surface area contributed by atoms with Crippen molar-refractivity contribution in [2.24, 2.45) is 0 Å². The van der Waals surface area contributed by atoms with Crippen LogP contribution in [0.5, 0.6) is 0 Å². The molecule has 1 aliphatic carbocycles. The predicted octanol–water partition coefficient (Wildman–Crippen LogP) is 5.20. The van der Waals surface area contributed by atoms with Crippen LogP contribution in [0.1, 0.15) is 48.1 Å². The van der Waals surface area contributed by atoms with Gasteiger partial charge in [0.15, 0.2) is 5.13 Å². The molecule has 1 N–H and O–H groups in total. The van der Waals surface area contributed by atoms with Gasteiger partial charge in [-0.05, 0) is 53.7 Å². The molecule has 1 aliphatic heterocycles. The highest BCUT2D eigenvalue weighted by Crippen LogP contribution is 2.34. The molecule has 3 aromatic rings. The second-order valence-corrected chi connectivity index (χ2v) is 8.87. The van der Waals surface area contributed by atoms with Gasteiger partial charge in [0, 0.05) is 24.1 Å². The molecule has 2 aliphatic rings. The van der Waals surface area contributed by atoms with Gasteiger partial charge < -0.3 is 10.2 Å². The van der Waals surface area contributed by atoms with E-state index in [0.29, 0.717) is 5.13 Å². The van der Waals surface area contributed by atoms with E-state index in [1.165, 1.54) is 35.8 Å². The molecular formula is C25H23N3O2S. The number of aryl methyl sites for hydroxylation is 2. The van der Waals surface area contributed by atoms with Crippen molar-refractivity contribution in [3.05, 3.63) is 76.3 Å². The number of aromatic nitrogens is 1. The third-order valence-corrected chi connectivity index (χ3v) is 6.75. The first-order valence-corrected chi connectivity index (χ1v) is 11.4. The summed E-state index contributed by atoms with van der Waals surface area (Å²) in [4.78, 5) is 31.2. The zero-order valence-corrected chi connectivity index (χ0v) is 18.1. The van der Waals surface area contributed by atoms with Gasteiger partial charge in [-0.15, -0.1) is 11.3 Å². The van der Waals surface area contributed by atoms with Gasteiger partial charge in [0.1, 0.15) is 0 Å². The van der Waals surface area contributed by atoms with Crippen LogP contribution >= 0.6 is 11.3 Å². The number of amides is 2. The lowest BCUT2D eigenvalue weighted by Gasteiger charge is -2.32. The average molecular weight is 430 g/mol. The normalized spacial score (nSPS) is 16.7. The van der Waals surface area contributed by atoms with E-state index in [4.69, 9.17) is 0 Å². The number of carbonyl (C=O) groups is 2. The first kappa shape index (κ1) is 19.7. The van der Waals surface area contributed by atoms with Crippen LogP contribution in [0.15, 0.2) is 54.0 Å². The van der Waals surface area contributed by atoms with Crippen LogP contribution in [-0.2, 0) is 22.4 Å². The zero-order chi connectivity index (χ0) is 21.4. The molecule has 0 radical (unpaired) electrons. The van der Waals surface area contributed by atoms with E-state index in [-0.39, 0.29) is 24.3 Å². The largest absolute Gasteiger partial charge is 0.311 e. The Balaban J connectivity index is 1.32. The highest BCUT2D eigenvalue weighted by molar-refractivity contribution is 7.14. The van der Waals surface area contributed by atoms with Crippen molar-refractivity contribution >= 4 is 34.4 Å². The summed E-state index contributed by atoms with van der Waals surface area (Å²) in [5.41, 5.74) is 6.82. The van der Waals surface area contributed by atoms with Gasteiger partial charge in [-0.25, -0.2) is 4.98 Å². The summed E-state index contributed by atoms with van der Waals surface area (Å²) in [6.45, 7) is 1.52. The quantitative estimate of drug-likeness (QED) is 0.620. The number of carbonyl (C=O) groups excluding carboxylic acids is 2. The Morgan fingerprint density at radius 3 is 2.87 bits per heavy atom. The molecule has 2 aromatic carbocycles. The van der Waals surface area contributed by atoms with Crippen LogP contribution in [0.4, 0.5) is 5.13 Å². The van der Waals surface area contributed by atoms with Crippen LogP contribution in [0, 0.1) is 0 Å². The number of benzene rings is 2. The van der Waals surface area contributed by atoms with E-state index in [0.717, 1.165) is 35.2 Å². The molecule has 31 heavy (non-hydrogen) atoms. The second kappa shape index (κ2) is 8.12. The summed E-state index contributed by atoms with van der Waals surface area (Å²) in [6, 6.07) is 14.1. The van der Waals surface area contributed by atoms with E-state index >= 15 is 0 Å². The van der Waals surface area contributed by atoms with Gasteiger partial charge in [-0.1, -0.05) is 36.4 Å². The van der Waals surface area contributed by atoms with E-state index in [2.05, 4.69) is 28.5 Å². The third kappa shape index (κ3) is 3.91. The summed E-state index contributed by atoms with van der Waals surface area (Å²) in [5, 5.41) is 5.49. The maximum absolute atomic E-state index is 12.9. The number of nitrogens with zero attached hydrogens (tertiary/aromatic N) is 2. The molecule has 6 heteroatoms. The Kier molecular flexibility index (Phi) is 5.16. The first-order valence-electron chi connectivity index (χ1n) is 10.5. The van der Waals surface area contributed by atoms with Gasteiger partial charge in [0.2, 0.25) is 11.8 Å². The molecule has 2 amide bonds. The molecule has 0 bridgehead atoms. The van der Waals surface area contributed by atoms with E-state index in [1.54, 1.807) is 11.1 Å². The summed E-state index contributed by atoms with van der Waals surface area (Å²) in [7, 11) is 0. The molecule has 5 nitrogen and oxygen atoms in total. The van der Waals surface area contributed by atoms with E-state index in [9.17, 15) is 9.59 Å². The molecule has 0 saturated carbocycles. The Morgan fingerprint density at radius 2 is 2.00 bits per heavy atom. The molecular weight excluding hydrogens is 406 g/mol. The van der Waals surface area contributed by atoms with Crippen molar-refractivity contribution in [1.82, 2.24) is 9.88 Å². The number of hydrogen-bond acceptors (Lipinski definition) is 4. The van der Waals surface area contributed by atoms with E-state index in [1.807, 2.05) is 35.7 Å². The number of hydrogen-bond donors (Lipinski definition) is 1. The molecule has 0 saturated heterocycles. The van der Waals surface area contributed by atoms with Crippen molar-refractivity contribution in [2.45, 2.75) is 38.6 Å². The minimum Gasteiger partial charge on any atom is -0.311 e.